The first kappa shape index (κ1) is 13.8. The van der Waals surface area contributed by atoms with E-state index in [-0.39, 0.29) is 11.4 Å². The first-order valence-electron chi connectivity index (χ1n) is 6.13. The molecule has 1 aliphatic rings. The summed E-state index contributed by atoms with van der Waals surface area (Å²) in [5, 5.41) is 6.27. The van der Waals surface area contributed by atoms with E-state index in [1.165, 1.54) is 17.9 Å². The number of nitrogens with one attached hydrogen (secondary N) is 2. The van der Waals surface area contributed by atoms with Gasteiger partial charge in [-0.2, -0.15) is 11.8 Å². The SMILES string of the molecule is CCC(C)(C)NC(=O)CNCC1CCSC1. The fourth-order valence-electron chi connectivity index (χ4n) is 1.64. The van der Waals surface area contributed by atoms with Gasteiger partial charge in [-0.05, 0) is 50.7 Å². The van der Waals surface area contributed by atoms with E-state index in [2.05, 4.69) is 31.4 Å². The van der Waals surface area contributed by atoms with Crippen LogP contribution in [0.25, 0.3) is 0 Å². The highest BCUT2D eigenvalue weighted by atomic mass is 32.2. The van der Waals surface area contributed by atoms with Crippen molar-refractivity contribution < 1.29 is 4.79 Å². The van der Waals surface area contributed by atoms with Crippen LogP contribution in [0.15, 0.2) is 0 Å². The summed E-state index contributed by atoms with van der Waals surface area (Å²) >= 11 is 2.01. The van der Waals surface area contributed by atoms with Gasteiger partial charge >= 0.3 is 0 Å². The lowest BCUT2D eigenvalue weighted by Gasteiger charge is -2.24. The van der Waals surface area contributed by atoms with Crippen LogP contribution in [0.2, 0.25) is 0 Å². The molecule has 1 aliphatic heterocycles. The molecule has 0 aromatic heterocycles. The van der Waals surface area contributed by atoms with Crippen LogP contribution in [0.5, 0.6) is 0 Å². The molecule has 4 heteroatoms. The Bertz CT molecular complexity index is 225. The quantitative estimate of drug-likeness (QED) is 0.746. The van der Waals surface area contributed by atoms with E-state index < -0.39 is 0 Å². The highest BCUT2D eigenvalue weighted by molar-refractivity contribution is 7.99. The number of carbonyl (C=O) groups is 1. The van der Waals surface area contributed by atoms with Crippen molar-refractivity contribution in [3.8, 4) is 0 Å². The second-order valence-electron chi connectivity index (χ2n) is 5.15. The molecule has 3 nitrogen and oxygen atoms in total. The van der Waals surface area contributed by atoms with Gasteiger partial charge in [-0.3, -0.25) is 4.79 Å². The van der Waals surface area contributed by atoms with Crippen LogP contribution in [0.1, 0.15) is 33.6 Å². The summed E-state index contributed by atoms with van der Waals surface area (Å²) in [6.07, 6.45) is 2.25. The maximum atomic E-state index is 11.6. The normalized spacial score (nSPS) is 21.1. The number of carbonyl (C=O) groups excluding carboxylic acids is 1. The van der Waals surface area contributed by atoms with Gasteiger partial charge in [-0.25, -0.2) is 0 Å². The Hall–Kier alpha value is -0.220. The molecule has 16 heavy (non-hydrogen) atoms. The van der Waals surface area contributed by atoms with Gasteiger partial charge in [0.2, 0.25) is 5.91 Å². The fourth-order valence-corrected chi connectivity index (χ4v) is 2.93. The molecule has 1 rings (SSSR count). The van der Waals surface area contributed by atoms with Gasteiger partial charge in [-0.15, -0.1) is 0 Å². The standard InChI is InChI=1S/C12H24N2OS/c1-4-12(2,3)14-11(15)8-13-7-10-5-6-16-9-10/h10,13H,4-9H2,1-3H3,(H,14,15). The van der Waals surface area contributed by atoms with Crippen LogP contribution in [-0.4, -0.2) is 36.0 Å². The zero-order valence-electron chi connectivity index (χ0n) is 10.6. The Labute approximate surface area is 103 Å². The molecule has 0 aromatic carbocycles. The zero-order chi connectivity index (χ0) is 12.0. The summed E-state index contributed by atoms with van der Waals surface area (Å²) in [7, 11) is 0. The lowest BCUT2D eigenvalue weighted by atomic mass is 10.0. The molecule has 94 valence electrons. The molecule has 1 amide bonds. The van der Waals surface area contributed by atoms with Gasteiger partial charge in [0.15, 0.2) is 0 Å². The lowest BCUT2D eigenvalue weighted by Crippen LogP contribution is -2.46. The molecule has 2 N–H and O–H groups in total. The molecule has 0 aromatic rings. The molecule has 1 unspecified atom stereocenters. The number of hydrogen-bond donors (Lipinski definition) is 2. The zero-order valence-corrected chi connectivity index (χ0v) is 11.5. The van der Waals surface area contributed by atoms with Crippen LogP contribution >= 0.6 is 11.8 Å². The molecule has 0 bridgehead atoms. The topological polar surface area (TPSA) is 41.1 Å². The van der Waals surface area contributed by atoms with E-state index in [0.29, 0.717) is 6.54 Å². The van der Waals surface area contributed by atoms with Crippen molar-refractivity contribution >= 4 is 17.7 Å². The summed E-state index contributed by atoms with van der Waals surface area (Å²) in [4.78, 5) is 11.6. The first-order chi connectivity index (χ1) is 7.53. The Morgan fingerprint density at radius 1 is 1.50 bits per heavy atom. The van der Waals surface area contributed by atoms with Crippen molar-refractivity contribution in [2.45, 2.75) is 39.2 Å². The Balaban J connectivity index is 2.10. The predicted molar refractivity (Wildman–Crippen MR) is 70.8 cm³/mol. The van der Waals surface area contributed by atoms with Gasteiger partial charge in [0.25, 0.3) is 0 Å². The second-order valence-corrected chi connectivity index (χ2v) is 6.30. The molecule has 0 spiro atoms. The molecule has 0 saturated carbocycles. The van der Waals surface area contributed by atoms with Gasteiger partial charge in [0, 0.05) is 5.54 Å². The van der Waals surface area contributed by atoms with E-state index in [0.717, 1.165) is 18.9 Å². The summed E-state index contributed by atoms with van der Waals surface area (Å²) in [6, 6.07) is 0. The van der Waals surface area contributed by atoms with Crippen molar-refractivity contribution in [1.29, 1.82) is 0 Å². The number of hydrogen-bond acceptors (Lipinski definition) is 3. The fraction of sp³-hybridized carbons (Fsp3) is 0.917. The van der Waals surface area contributed by atoms with E-state index in [1.54, 1.807) is 0 Å². The molecular weight excluding hydrogens is 220 g/mol. The van der Waals surface area contributed by atoms with E-state index in [9.17, 15) is 4.79 Å². The number of amides is 1. The molecule has 1 fully saturated rings. The maximum Gasteiger partial charge on any atom is 0.234 e. The second kappa shape index (κ2) is 6.50. The van der Waals surface area contributed by atoms with Gasteiger partial charge in [-0.1, -0.05) is 6.92 Å². The summed E-state index contributed by atoms with van der Waals surface area (Å²) in [5.74, 6) is 3.39. The Morgan fingerprint density at radius 2 is 2.25 bits per heavy atom. The van der Waals surface area contributed by atoms with Gasteiger partial charge in [0.05, 0.1) is 6.54 Å². The predicted octanol–water partition coefficient (Wildman–Crippen LogP) is 1.63. The third-order valence-electron chi connectivity index (χ3n) is 3.10. The van der Waals surface area contributed by atoms with Gasteiger partial charge in [0.1, 0.15) is 0 Å². The van der Waals surface area contributed by atoms with Crippen LogP contribution in [0.3, 0.4) is 0 Å². The largest absolute Gasteiger partial charge is 0.350 e. The highest BCUT2D eigenvalue weighted by Gasteiger charge is 2.18. The number of thioether (sulfide) groups is 1. The van der Waals surface area contributed by atoms with Crippen LogP contribution in [0, 0.1) is 5.92 Å². The minimum atomic E-state index is -0.0814. The average Bonchev–Trinajstić information content (AvgIpc) is 2.70. The van der Waals surface area contributed by atoms with Crippen molar-refractivity contribution in [2.75, 3.05) is 24.6 Å². The Morgan fingerprint density at radius 3 is 2.81 bits per heavy atom. The van der Waals surface area contributed by atoms with Crippen molar-refractivity contribution in [2.24, 2.45) is 5.92 Å². The smallest absolute Gasteiger partial charge is 0.234 e. The third-order valence-corrected chi connectivity index (χ3v) is 4.34. The molecular formula is C12H24N2OS. The summed E-state index contributed by atoms with van der Waals surface area (Å²) < 4.78 is 0. The third kappa shape index (κ3) is 5.21. The minimum absolute atomic E-state index is 0.0814. The highest BCUT2D eigenvalue weighted by Crippen LogP contribution is 2.22. The van der Waals surface area contributed by atoms with Crippen LogP contribution < -0.4 is 10.6 Å². The molecule has 1 atom stereocenters. The molecule has 1 heterocycles. The molecule has 0 radical (unpaired) electrons. The van der Waals surface area contributed by atoms with Crippen molar-refractivity contribution in [1.82, 2.24) is 10.6 Å². The monoisotopic (exact) mass is 244 g/mol. The minimum Gasteiger partial charge on any atom is -0.350 e. The van der Waals surface area contributed by atoms with E-state index in [1.807, 2.05) is 11.8 Å². The van der Waals surface area contributed by atoms with Crippen molar-refractivity contribution in [3.63, 3.8) is 0 Å². The first-order valence-corrected chi connectivity index (χ1v) is 7.28. The summed E-state index contributed by atoms with van der Waals surface area (Å²) in [5.41, 5.74) is -0.0814. The molecule has 0 aliphatic carbocycles. The van der Waals surface area contributed by atoms with E-state index in [4.69, 9.17) is 0 Å². The van der Waals surface area contributed by atoms with Crippen LogP contribution in [0.4, 0.5) is 0 Å². The average molecular weight is 244 g/mol. The van der Waals surface area contributed by atoms with Crippen molar-refractivity contribution in [3.05, 3.63) is 0 Å². The summed E-state index contributed by atoms with van der Waals surface area (Å²) in [6.45, 7) is 7.62. The maximum absolute atomic E-state index is 11.6. The van der Waals surface area contributed by atoms with Gasteiger partial charge < -0.3 is 10.6 Å². The lowest BCUT2D eigenvalue weighted by molar-refractivity contribution is -0.121. The molecule has 1 saturated heterocycles. The van der Waals surface area contributed by atoms with E-state index >= 15 is 0 Å². The van der Waals surface area contributed by atoms with Crippen LogP contribution in [-0.2, 0) is 4.79 Å². The number of rotatable bonds is 6. The Kier molecular flexibility index (Phi) is 5.62.